The molecule has 0 unspecified atom stereocenters. The van der Waals surface area contributed by atoms with Crippen molar-refractivity contribution in [2.75, 3.05) is 11.9 Å². The van der Waals surface area contributed by atoms with Gasteiger partial charge in [-0.1, -0.05) is 24.3 Å². The number of hydrogen-bond acceptors (Lipinski definition) is 2. The van der Waals surface area contributed by atoms with Crippen LogP contribution in [0, 0.1) is 0 Å². The van der Waals surface area contributed by atoms with Crippen LogP contribution in [0.5, 0.6) is 0 Å². The molecular formula is C12H15NO2. The van der Waals surface area contributed by atoms with Gasteiger partial charge in [0.2, 0.25) is 0 Å². The van der Waals surface area contributed by atoms with Gasteiger partial charge in [0.05, 0.1) is 6.42 Å². The number of para-hydroxylation sites is 1. The molecule has 0 radical (unpaired) electrons. The molecule has 2 rings (SSSR count). The first kappa shape index (κ1) is 11.3. The molecule has 0 saturated carbocycles. The van der Waals surface area contributed by atoms with E-state index in [-0.39, 0.29) is 6.42 Å². The Hall–Kier alpha value is -1.77. The molecule has 0 atom stereocenters. The Morgan fingerprint density at radius 3 is 2.80 bits per heavy atom. The fraction of sp³-hybridized carbons (Fsp3) is 0.250. The minimum absolute atomic E-state index is 0.0556. The minimum Gasteiger partial charge on any atom is -0.481 e. The Morgan fingerprint density at radius 2 is 2.27 bits per heavy atom. The Labute approximate surface area is 89.4 Å². The second kappa shape index (κ2) is 5.86. The minimum atomic E-state index is -0.829. The Kier molecular flexibility index (Phi) is 4.41. The fourth-order valence-corrected chi connectivity index (χ4v) is 1.37. The molecule has 1 aromatic carbocycles. The summed E-state index contributed by atoms with van der Waals surface area (Å²) >= 11 is 0. The van der Waals surface area contributed by atoms with E-state index in [2.05, 4.69) is 36.2 Å². The number of carboxylic acid groups (broad SMARTS) is 1. The van der Waals surface area contributed by atoms with Gasteiger partial charge in [0.15, 0.2) is 0 Å². The summed E-state index contributed by atoms with van der Waals surface area (Å²) in [4.78, 5) is 9.53. The number of hydrogen-bond donors (Lipinski definition) is 2. The van der Waals surface area contributed by atoms with E-state index in [0.29, 0.717) is 0 Å². The van der Waals surface area contributed by atoms with E-state index in [1.807, 2.05) is 0 Å². The van der Waals surface area contributed by atoms with Gasteiger partial charge < -0.3 is 10.4 Å². The van der Waals surface area contributed by atoms with Gasteiger partial charge in [0, 0.05) is 12.2 Å². The fourth-order valence-electron chi connectivity index (χ4n) is 1.37. The first-order valence-electron chi connectivity index (χ1n) is 4.88. The summed E-state index contributed by atoms with van der Waals surface area (Å²) in [6, 6.07) is 8.46. The highest BCUT2D eigenvalue weighted by atomic mass is 16.4. The molecule has 1 aromatic rings. The average Bonchev–Trinajstić information content (AvgIpc) is 2.65. The van der Waals surface area contributed by atoms with E-state index in [9.17, 15) is 4.79 Å². The van der Waals surface area contributed by atoms with Gasteiger partial charge in [-0.05, 0) is 18.1 Å². The highest BCUT2D eigenvalue weighted by Gasteiger charge is 2.05. The number of fused-ring (bicyclic) bond motifs is 1. The van der Waals surface area contributed by atoms with Crippen LogP contribution in [0.4, 0.5) is 5.69 Å². The van der Waals surface area contributed by atoms with E-state index in [1.54, 1.807) is 0 Å². The number of aliphatic carboxylic acids is 1. The molecule has 0 aromatic heterocycles. The Balaban J connectivity index is 0.000000167. The summed E-state index contributed by atoms with van der Waals surface area (Å²) in [6.45, 7) is 4.33. The number of carbonyl (C=O) groups is 1. The smallest absolute Gasteiger partial charge is 0.307 e. The third-order valence-electron chi connectivity index (χ3n) is 2.05. The standard InChI is InChI=1S/C8H9N.C4H6O2/c1-2-4-8-7(3-1)5-6-9-8;1-2-3-4(5)6/h1-4,9H,5-6H2;2H,1,3H2,(H,5,6). The van der Waals surface area contributed by atoms with Gasteiger partial charge >= 0.3 is 5.97 Å². The lowest BCUT2D eigenvalue weighted by Gasteiger charge is -1.94. The van der Waals surface area contributed by atoms with Crippen molar-refractivity contribution in [3.8, 4) is 0 Å². The predicted molar refractivity (Wildman–Crippen MR) is 61.1 cm³/mol. The highest BCUT2D eigenvalue weighted by molar-refractivity contribution is 5.68. The van der Waals surface area contributed by atoms with E-state index in [1.165, 1.54) is 23.7 Å². The molecule has 0 saturated heterocycles. The van der Waals surface area contributed by atoms with Crippen molar-refractivity contribution in [1.29, 1.82) is 0 Å². The predicted octanol–water partition coefficient (Wildman–Crippen LogP) is 2.30. The molecule has 3 heteroatoms. The maximum atomic E-state index is 9.53. The molecular weight excluding hydrogens is 190 g/mol. The van der Waals surface area contributed by atoms with Crippen LogP contribution in [-0.4, -0.2) is 17.6 Å². The van der Waals surface area contributed by atoms with Crippen LogP contribution in [0.1, 0.15) is 12.0 Å². The zero-order valence-electron chi connectivity index (χ0n) is 8.57. The molecule has 2 N–H and O–H groups in total. The summed E-state index contributed by atoms with van der Waals surface area (Å²) in [7, 11) is 0. The van der Waals surface area contributed by atoms with E-state index < -0.39 is 5.97 Å². The van der Waals surface area contributed by atoms with E-state index >= 15 is 0 Å². The van der Waals surface area contributed by atoms with Gasteiger partial charge in [-0.15, -0.1) is 6.58 Å². The van der Waals surface area contributed by atoms with Crippen molar-refractivity contribution >= 4 is 11.7 Å². The van der Waals surface area contributed by atoms with Crippen molar-refractivity contribution in [3.05, 3.63) is 42.5 Å². The van der Waals surface area contributed by atoms with Crippen LogP contribution in [-0.2, 0) is 11.2 Å². The van der Waals surface area contributed by atoms with E-state index in [0.717, 1.165) is 6.54 Å². The monoisotopic (exact) mass is 205 g/mol. The first-order chi connectivity index (χ1) is 7.24. The second-order valence-electron chi connectivity index (χ2n) is 3.22. The zero-order chi connectivity index (χ0) is 11.1. The molecule has 0 spiro atoms. The summed E-state index contributed by atoms with van der Waals surface area (Å²) in [5, 5.41) is 11.1. The molecule has 1 heterocycles. The summed E-state index contributed by atoms with van der Waals surface area (Å²) in [5.74, 6) is -0.829. The maximum Gasteiger partial charge on any atom is 0.307 e. The molecule has 0 amide bonds. The van der Waals surface area contributed by atoms with E-state index in [4.69, 9.17) is 5.11 Å². The summed E-state index contributed by atoms with van der Waals surface area (Å²) < 4.78 is 0. The lowest BCUT2D eigenvalue weighted by atomic mass is 10.2. The molecule has 0 fully saturated rings. The van der Waals surface area contributed by atoms with Gasteiger partial charge in [-0.3, -0.25) is 4.79 Å². The number of nitrogens with one attached hydrogen (secondary N) is 1. The molecule has 1 aliphatic rings. The largest absolute Gasteiger partial charge is 0.481 e. The lowest BCUT2D eigenvalue weighted by Crippen LogP contribution is -1.90. The third kappa shape index (κ3) is 3.85. The Bertz CT molecular complexity index is 324. The van der Waals surface area contributed by atoms with Gasteiger partial charge in [0.1, 0.15) is 0 Å². The van der Waals surface area contributed by atoms with Crippen molar-refractivity contribution < 1.29 is 9.90 Å². The van der Waals surface area contributed by atoms with Crippen LogP contribution in [0.3, 0.4) is 0 Å². The van der Waals surface area contributed by atoms with Gasteiger partial charge in [0.25, 0.3) is 0 Å². The van der Waals surface area contributed by atoms with Crippen molar-refractivity contribution in [1.82, 2.24) is 0 Å². The van der Waals surface area contributed by atoms with Crippen LogP contribution in [0.2, 0.25) is 0 Å². The molecule has 80 valence electrons. The van der Waals surface area contributed by atoms with Gasteiger partial charge in [-0.25, -0.2) is 0 Å². The van der Waals surface area contributed by atoms with Gasteiger partial charge in [-0.2, -0.15) is 0 Å². The summed E-state index contributed by atoms with van der Waals surface area (Å²) in [5.41, 5.74) is 2.77. The molecule has 1 aliphatic heterocycles. The quantitative estimate of drug-likeness (QED) is 0.728. The van der Waals surface area contributed by atoms with Crippen LogP contribution in [0.25, 0.3) is 0 Å². The number of anilines is 1. The van der Waals surface area contributed by atoms with Crippen molar-refractivity contribution in [2.24, 2.45) is 0 Å². The molecule has 15 heavy (non-hydrogen) atoms. The SMILES string of the molecule is C=CCC(=O)O.c1ccc2c(c1)CCN2. The molecule has 0 aliphatic carbocycles. The highest BCUT2D eigenvalue weighted by Crippen LogP contribution is 2.19. The van der Waals surface area contributed by atoms with Crippen molar-refractivity contribution in [3.63, 3.8) is 0 Å². The first-order valence-corrected chi connectivity index (χ1v) is 4.88. The number of benzene rings is 1. The molecule has 3 nitrogen and oxygen atoms in total. The normalized spacial score (nSPS) is 11.7. The van der Waals surface area contributed by atoms with Crippen molar-refractivity contribution in [2.45, 2.75) is 12.8 Å². The summed E-state index contributed by atoms with van der Waals surface area (Å²) in [6.07, 6.45) is 2.60. The zero-order valence-corrected chi connectivity index (χ0v) is 8.57. The second-order valence-corrected chi connectivity index (χ2v) is 3.22. The third-order valence-corrected chi connectivity index (χ3v) is 2.05. The molecule has 0 bridgehead atoms. The number of rotatable bonds is 2. The van der Waals surface area contributed by atoms with Crippen LogP contribution in [0.15, 0.2) is 36.9 Å². The number of carboxylic acids is 1. The van der Waals surface area contributed by atoms with Crippen LogP contribution >= 0.6 is 0 Å². The lowest BCUT2D eigenvalue weighted by molar-refractivity contribution is -0.135. The maximum absolute atomic E-state index is 9.53. The topological polar surface area (TPSA) is 49.3 Å². The Morgan fingerprint density at radius 1 is 1.53 bits per heavy atom. The van der Waals surface area contributed by atoms with Crippen LogP contribution < -0.4 is 5.32 Å². The average molecular weight is 205 g/mol.